The fourth-order valence-corrected chi connectivity index (χ4v) is 2.24. The van der Waals surface area contributed by atoms with E-state index in [1.807, 2.05) is 0 Å². The molecule has 1 fully saturated rings. The zero-order chi connectivity index (χ0) is 14.5. The van der Waals surface area contributed by atoms with E-state index in [9.17, 15) is 9.59 Å². The molecule has 2 N–H and O–H groups in total. The largest absolute Gasteiger partial charge is 0.474 e. The van der Waals surface area contributed by atoms with Crippen molar-refractivity contribution in [1.82, 2.24) is 5.32 Å². The molecular formula is C14H19NO5. The maximum absolute atomic E-state index is 11.9. The monoisotopic (exact) mass is 281 g/mol. The molecule has 1 aromatic heterocycles. The average Bonchev–Trinajstić information content (AvgIpc) is 2.93. The molecule has 0 aliphatic heterocycles. The van der Waals surface area contributed by atoms with Crippen molar-refractivity contribution in [3.63, 3.8) is 0 Å². The molecule has 6 heteroatoms. The predicted octanol–water partition coefficient (Wildman–Crippen LogP) is 0.958. The second-order valence-electron chi connectivity index (χ2n) is 4.98. The van der Waals surface area contributed by atoms with Crippen molar-refractivity contribution in [3.05, 3.63) is 28.3 Å². The van der Waals surface area contributed by atoms with E-state index < -0.39 is 11.5 Å². The van der Waals surface area contributed by atoms with Crippen LogP contribution in [0.25, 0.3) is 0 Å². The number of aliphatic hydroxyl groups excluding tert-OH is 1. The second kappa shape index (κ2) is 6.56. The van der Waals surface area contributed by atoms with Gasteiger partial charge in [-0.15, -0.1) is 0 Å². The van der Waals surface area contributed by atoms with E-state index in [0.717, 1.165) is 38.0 Å². The van der Waals surface area contributed by atoms with Gasteiger partial charge in [-0.3, -0.25) is 9.59 Å². The Kier molecular flexibility index (Phi) is 4.79. The van der Waals surface area contributed by atoms with Gasteiger partial charge in [0, 0.05) is 12.1 Å². The van der Waals surface area contributed by atoms with Crippen LogP contribution in [0.4, 0.5) is 0 Å². The summed E-state index contributed by atoms with van der Waals surface area (Å²) < 4.78 is 10.3. The molecule has 1 saturated carbocycles. The molecule has 6 nitrogen and oxygen atoms in total. The van der Waals surface area contributed by atoms with E-state index in [-0.39, 0.29) is 30.1 Å². The molecule has 0 bridgehead atoms. The zero-order valence-electron chi connectivity index (χ0n) is 11.4. The predicted molar refractivity (Wildman–Crippen MR) is 71.4 cm³/mol. The molecule has 1 aliphatic rings. The summed E-state index contributed by atoms with van der Waals surface area (Å²) in [5, 5.41) is 11.7. The van der Waals surface area contributed by atoms with Crippen molar-refractivity contribution in [2.45, 2.75) is 51.4 Å². The van der Waals surface area contributed by atoms with Gasteiger partial charge >= 0.3 is 0 Å². The van der Waals surface area contributed by atoms with Crippen molar-refractivity contribution in [3.8, 4) is 5.75 Å². The standard InChI is InChI=1S/C14H19NO5/c1-9(14(18)15-10-4-2-3-5-10)20-13-8-19-11(7-16)6-12(13)17/h6,8-10,16H,2-5,7H2,1H3,(H,15,18). The minimum absolute atomic E-state index is 0.0312. The number of aliphatic hydroxyl groups is 1. The van der Waals surface area contributed by atoms with Gasteiger partial charge in [-0.1, -0.05) is 12.8 Å². The molecular weight excluding hydrogens is 262 g/mol. The summed E-state index contributed by atoms with van der Waals surface area (Å²) in [5.41, 5.74) is -0.416. The van der Waals surface area contributed by atoms with E-state index in [0.29, 0.717) is 0 Å². The minimum Gasteiger partial charge on any atom is -0.474 e. The Bertz CT molecular complexity index is 519. The highest BCUT2D eigenvalue weighted by atomic mass is 16.5. The lowest BCUT2D eigenvalue weighted by Crippen LogP contribution is -2.41. The summed E-state index contributed by atoms with van der Waals surface area (Å²) >= 11 is 0. The fraction of sp³-hybridized carbons (Fsp3) is 0.571. The lowest BCUT2D eigenvalue weighted by atomic mass is 10.2. The van der Waals surface area contributed by atoms with Gasteiger partial charge in [0.15, 0.2) is 6.10 Å². The molecule has 0 saturated heterocycles. The highest BCUT2D eigenvalue weighted by Crippen LogP contribution is 2.18. The molecule has 1 aromatic rings. The SMILES string of the molecule is CC(Oc1coc(CO)cc1=O)C(=O)NC1CCCC1. The molecule has 1 unspecified atom stereocenters. The van der Waals surface area contributed by atoms with Crippen molar-refractivity contribution < 1.29 is 19.1 Å². The highest BCUT2D eigenvalue weighted by Gasteiger charge is 2.22. The number of hydrogen-bond donors (Lipinski definition) is 2. The number of carbonyl (C=O) groups excluding carboxylic acids is 1. The number of amides is 1. The number of nitrogens with one attached hydrogen (secondary N) is 1. The van der Waals surface area contributed by atoms with Crippen LogP contribution in [0.3, 0.4) is 0 Å². The summed E-state index contributed by atoms with van der Waals surface area (Å²) in [6.07, 6.45) is 4.60. The molecule has 0 aromatic carbocycles. The lowest BCUT2D eigenvalue weighted by molar-refractivity contribution is -0.128. The second-order valence-corrected chi connectivity index (χ2v) is 4.98. The number of ether oxygens (including phenoxy) is 1. The Hall–Kier alpha value is -1.82. The van der Waals surface area contributed by atoms with Crippen molar-refractivity contribution in [1.29, 1.82) is 0 Å². The molecule has 110 valence electrons. The molecule has 0 radical (unpaired) electrons. The maximum atomic E-state index is 11.9. The quantitative estimate of drug-likeness (QED) is 0.839. The molecule has 1 heterocycles. The van der Waals surface area contributed by atoms with Crippen LogP contribution in [0, 0.1) is 0 Å². The molecule has 20 heavy (non-hydrogen) atoms. The van der Waals surface area contributed by atoms with Gasteiger partial charge in [0.1, 0.15) is 18.6 Å². The van der Waals surface area contributed by atoms with Crippen LogP contribution in [0.5, 0.6) is 5.75 Å². The van der Waals surface area contributed by atoms with Crippen molar-refractivity contribution in [2.24, 2.45) is 0 Å². The van der Waals surface area contributed by atoms with E-state index in [2.05, 4.69) is 5.32 Å². The summed E-state index contributed by atoms with van der Waals surface area (Å²) in [4.78, 5) is 23.6. The van der Waals surface area contributed by atoms with Gasteiger partial charge in [0.05, 0.1) is 0 Å². The molecule has 1 atom stereocenters. The minimum atomic E-state index is -0.765. The molecule has 2 rings (SSSR count). The first-order chi connectivity index (χ1) is 9.60. The topological polar surface area (TPSA) is 88.8 Å². The number of rotatable bonds is 5. The summed E-state index contributed by atoms with van der Waals surface area (Å²) in [7, 11) is 0. The van der Waals surface area contributed by atoms with Crippen LogP contribution in [0.2, 0.25) is 0 Å². The van der Waals surface area contributed by atoms with E-state index in [4.69, 9.17) is 14.3 Å². The van der Waals surface area contributed by atoms with Crippen LogP contribution in [0.15, 0.2) is 21.5 Å². The third-order valence-corrected chi connectivity index (χ3v) is 3.38. The van der Waals surface area contributed by atoms with Crippen LogP contribution in [0.1, 0.15) is 38.4 Å². The van der Waals surface area contributed by atoms with Gasteiger partial charge in [-0.2, -0.15) is 0 Å². The fourth-order valence-electron chi connectivity index (χ4n) is 2.24. The molecule has 1 amide bonds. The summed E-state index contributed by atoms with van der Waals surface area (Å²) in [6, 6.07) is 1.36. The third kappa shape index (κ3) is 3.60. The summed E-state index contributed by atoms with van der Waals surface area (Å²) in [6.45, 7) is 1.23. The Labute approximate surface area is 116 Å². The maximum Gasteiger partial charge on any atom is 0.261 e. The number of carbonyl (C=O) groups is 1. The third-order valence-electron chi connectivity index (χ3n) is 3.38. The van der Waals surface area contributed by atoms with Gasteiger partial charge in [-0.05, 0) is 19.8 Å². The summed E-state index contributed by atoms with van der Waals surface area (Å²) in [5.74, 6) is -0.107. The van der Waals surface area contributed by atoms with E-state index in [1.54, 1.807) is 6.92 Å². The molecule has 1 aliphatic carbocycles. The van der Waals surface area contributed by atoms with Gasteiger partial charge in [0.25, 0.3) is 5.91 Å². The smallest absolute Gasteiger partial charge is 0.261 e. The first kappa shape index (κ1) is 14.6. The van der Waals surface area contributed by atoms with E-state index >= 15 is 0 Å². The average molecular weight is 281 g/mol. The normalized spacial score (nSPS) is 16.9. The van der Waals surface area contributed by atoms with Crippen LogP contribution in [-0.4, -0.2) is 23.2 Å². The lowest BCUT2D eigenvalue weighted by Gasteiger charge is -2.17. The zero-order valence-corrected chi connectivity index (χ0v) is 11.4. The Morgan fingerprint density at radius 2 is 2.25 bits per heavy atom. The van der Waals surface area contributed by atoms with Crippen LogP contribution < -0.4 is 15.5 Å². The van der Waals surface area contributed by atoms with Gasteiger partial charge in [0.2, 0.25) is 11.2 Å². The van der Waals surface area contributed by atoms with Crippen molar-refractivity contribution >= 4 is 5.91 Å². The van der Waals surface area contributed by atoms with Crippen LogP contribution >= 0.6 is 0 Å². The first-order valence-corrected chi connectivity index (χ1v) is 6.79. The van der Waals surface area contributed by atoms with Crippen molar-refractivity contribution in [2.75, 3.05) is 0 Å². The highest BCUT2D eigenvalue weighted by molar-refractivity contribution is 5.81. The Morgan fingerprint density at radius 1 is 1.55 bits per heavy atom. The Balaban J connectivity index is 1.94. The molecule has 0 spiro atoms. The first-order valence-electron chi connectivity index (χ1n) is 6.79. The number of hydrogen-bond acceptors (Lipinski definition) is 5. The Morgan fingerprint density at radius 3 is 2.85 bits per heavy atom. The van der Waals surface area contributed by atoms with Gasteiger partial charge in [-0.25, -0.2) is 0 Å². The van der Waals surface area contributed by atoms with Gasteiger partial charge < -0.3 is 19.6 Å². The van der Waals surface area contributed by atoms with Crippen LogP contribution in [-0.2, 0) is 11.4 Å². The van der Waals surface area contributed by atoms with E-state index in [1.165, 1.54) is 0 Å².